The topological polar surface area (TPSA) is 26.0 Å². The van der Waals surface area contributed by atoms with Crippen molar-refractivity contribution in [3.63, 3.8) is 0 Å². The summed E-state index contributed by atoms with van der Waals surface area (Å²) in [5.41, 5.74) is 6.28. The molecule has 0 bridgehead atoms. The molecule has 1 aliphatic rings. The monoisotopic (exact) mass is 213 g/mol. The fourth-order valence-corrected chi connectivity index (χ4v) is 3.60. The van der Waals surface area contributed by atoms with Gasteiger partial charge in [-0.25, -0.2) is 0 Å². The molecule has 0 heterocycles. The molecule has 84 valence electrons. The van der Waals surface area contributed by atoms with Gasteiger partial charge in [-0.3, -0.25) is 0 Å². The third kappa shape index (κ3) is 4.60. The van der Waals surface area contributed by atoms with Crippen LogP contribution in [0.4, 0.5) is 0 Å². The van der Waals surface area contributed by atoms with Gasteiger partial charge < -0.3 is 5.73 Å². The Morgan fingerprint density at radius 1 is 1.14 bits per heavy atom. The highest BCUT2D eigenvalue weighted by molar-refractivity contribution is 6.76. The molecule has 1 atom stereocenters. The maximum Gasteiger partial charge on any atom is 0.0443 e. The summed E-state index contributed by atoms with van der Waals surface area (Å²) in [7, 11) is -0.864. The summed E-state index contributed by atoms with van der Waals surface area (Å²) in [4.78, 5) is 0. The Morgan fingerprint density at radius 2 is 1.71 bits per heavy atom. The minimum Gasteiger partial charge on any atom is -0.327 e. The fraction of sp³-hybridized carbons (Fsp3) is 1.00. The number of rotatable bonds is 4. The van der Waals surface area contributed by atoms with E-state index in [2.05, 4.69) is 19.6 Å². The van der Waals surface area contributed by atoms with E-state index in [4.69, 9.17) is 5.73 Å². The van der Waals surface area contributed by atoms with E-state index >= 15 is 0 Å². The molecule has 0 radical (unpaired) electrons. The first kappa shape index (κ1) is 12.2. The third-order valence-electron chi connectivity index (χ3n) is 3.48. The van der Waals surface area contributed by atoms with Gasteiger partial charge in [0.1, 0.15) is 0 Å². The predicted molar refractivity (Wildman–Crippen MR) is 67.3 cm³/mol. The second kappa shape index (κ2) is 5.31. The van der Waals surface area contributed by atoms with Gasteiger partial charge in [-0.15, -0.1) is 0 Å². The lowest BCUT2D eigenvalue weighted by Gasteiger charge is -2.29. The van der Waals surface area contributed by atoms with Gasteiger partial charge >= 0.3 is 0 Å². The van der Waals surface area contributed by atoms with Gasteiger partial charge in [0.05, 0.1) is 0 Å². The van der Waals surface area contributed by atoms with Crippen molar-refractivity contribution in [2.45, 2.75) is 70.3 Å². The molecule has 0 aromatic heterocycles. The third-order valence-corrected chi connectivity index (χ3v) is 5.27. The maximum atomic E-state index is 6.28. The number of hydrogen-bond donors (Lipinski definition) is 1. The average molecular weight is 213 g/mol. The van der Waals surface area contributed by atoms with Crippen molar-refractivity contribution in [1.82, 2.24) is 0 Å². The first-order valence-electron chi connectivity index (χ1n) is 6.24. The lowest BCUT2D eigenvalue weighted by Crippen LogP contribution is -2.34. The van der Waals surface area contributed by atoms with Crippen LogP contribution in [0.5, 0.6) is 0 Å². The molecule has 1 rings (SSSR count). The summed E-state index contributed by atoms with van der Waals surface area (Å²) < 4.78 is 0. The van der Waals surface area contributed by atoms with E-state index in [1.807, 2.05) is 0 Å². The lowest BCUT2D eigenvalue weighted by molar-refractivity contribution is 0.299. The van der Waals surface area contributed by atoms with Gasteiger partial charge in [0, 0.05) is 14.1 Å². The Balaban J connectivity index is 2.23. The minimum absolute atomic E-state index is 0.502. The van der Waals surface area contributed by atoms with Crippen LogP contribution in [-0.2, 0) is 0 Å². The van der Waals surface area contributed by atoms with Gasteiger partial charge in [0.2, 0.25) is 0 Å². The Bertz CT molecular complexity index is 156. The van der Waals surface area contributed by atoms with Crippen LogP contribution in [0.3, 0.4) is 0 Å². The summed E-state index contributed by atoms with van der Waals surface area (Å²) >= 11 is 0. The molecule has 2 heteroatoms. The number of nitrogens with two attached hydrogens (primary N) is 1. The number of hydrogen-bond acceptors (Lipinski definition) is 1. The van der Waals surface area contributed by atoms with E-state index in [0.717, 1.165) is 5.92 Å². The van der Waals surface area contributed by atoms with Crippen LogP contribution in [0.1, 0.15) is 38.5 Å². The average Bonchev–Trinajstić information content (AvgIpc) is 2.14. The predicted octanol–water partition coefficient (Wildman–Crippen LogP) is 3.62. The van der Waals surface area contributed by atoms with E-state index in [9.17, 15) is 0 Å². The zero-order chi connectivity index (χ0) is 10.6. The van der Waals surface area contributed by atoms with E-state index in [1.165, 1.54) is 44.6 Å². The molecule has 1 unspecified atom stereocenters. The second-order valence-electron chi connectivity index (χ2n) is 6.16. The molecule has 1 nitrogen and oxygen atoms in total. The quantitative estimate of drug-likeness (QED) is 0.709. The van der Waals surface area contributed by atoms with Crippen molar-refractivity contribution in [3.05, 3.63) is 0 Å². The Hall–Kier alpha value is 0.177. The lowest BCUT2D eigenvalue weighted by atomic mass is 9.83. The normalized spacial score (nSPS) is 22.3. The van der Waals surface area contributed by atoms with Gasteiger partial charge in [-0.05, 0) is 25.2 Å². The zero-order valence-corrected chi connectivity index (χ0v) is 11.2. The van der Waals surface area contributed by atoms with Crippen LogP contribution in [0.15, 0.2) is 0 Å². The van der Waals surface area contributed by atoms with Crippen molar-refractivity contribution >= 4 is 8.07 Å². The van der Waals surface area contributed by atoms with Crippen LogP contribution in [0.25, 0.3) is 0 Å². The van der Waals surface area contributed by atoms with Crippen molar-refractivity contribution in [2.24, 2.45) is 11.7 Å². The standard InChI is InChI=1S/C12H27NSi/c1-14(2,3)10-9-12(13)11-7-5-4-6-8-11/h11-12H,4-10,13H2,1-3H3. The Kier molecular flexibility index (Phi) is 4.65. The molecule has 0 aliphatic heterocycles. The highest BCUT2D eigenvalue weighted by atomic mass is 28.3. The molecule has 0 saturated heterocycles. The zero-order valence-electron chi connectivity index (χ0n) is 10.2. The summed E-state index contributed by atoms with van der Waals surface area (Å²) in [5, 5.41) is 0. The van der Waals surface area contributed by atoms with Gasteiger partial charge in [0.25, 0.3) is 0 Å². The maximum absolute atomic E-state index is 6.28. The molecule has 0 amide bonds. The largest absolute Gasteiger partial charge is 0.327 e. The molecule has 14 heavy (non-hydrogen) atoms. The van der Waals surface area contributed by atoms with Crippen LogP contribution in [0, 0.1) is 5.92 Å². The van der Waals surface area contributed by atoms with Crippen LogP contribution >= 0.6 is 0 Å². The van der Waals surface area contributed by atoms with Gasteiger partial charge in [0.15, 0.2) is 0 Å². The Labute approximate surface area is 90.5 Å². The fourth-order valence-electron chi connectivity index (χ4n) is 2.40. The molecule has 1 fully saturated rings. The smallest absolute Gasteiger partial charge is 0.0443 e. The minimum atomic E-state index is -0.864. The second-order valence-corrected chi connectivity index (χ2v) is 11.8. The summed E-state index contributed by atoms with van der Waals surface area (Å²) in [6.07, 6.45) is 8.36. The molecule has 0 aromatic rings. The summed E-state index contributed by atoms with van der Waals surface area (Å²) in [5.74, 6) is 0.847. The van der Waals surface area contributed by atoms with Crippen molar-refractivity contribution < 1.29 is 0 Å². The molecular formula is C12H27NSi. The van der Waals surface area contributed by atoms with E-state index in [-0.39, 0.29) is 0 Å². The molecule has 1 aliphatic carbocycles. The molecule has 0 spiro atoms. The summed E-state index contributed by atoms with van der Waals surface area (Å²) in [6, 6.07) is 1.91. The first-order valence-corrected chi connectivity index (χ1v) is 9.95. The molecule has 1 saturated carbocycles. The van der Waals surface area contributed by atoms with Crippen LogP contribution < -0.4 is 5.73 Å². The first-order chi connectivity index (χ1) is 6.49. The van der Waals surface area contributed by atoms with Crippen LogP contribution in [0.2, 0.25) is 25.7 Å². The highest BCUT2D eigenvalue weighted by Crippen LogP contribution is 2.28. The van der Waals surface area contributed by atoms with Gasteiger partial charge in [-0.2, -0.15) is 0 Å². The molecule has 2 N–H and O–H groups in total. The Morgan fingerprint density at radius 3 is 2.21 bits per heavy atom. The van der Waals surface area contributed by atoms with Gasteiger partial charge in [-0.1, -0.05) is 44.9 Å². The summed E-state index contributed by atoms with van der Waals surface area (Å²) in [6.45, 7) is 7.34. The van der Waals surface area contributed by atoms with Crippen molar-refractivity contribution in [3.8, 4) is 0 Å². The van der Waals surface area contributed by atoms with E-state index in [0.29, 0.717) is 6.04 Å². The molecule has 0 aromatic carbocycles. The van der Waals surface area contributed by atoms with E-state index in [1.54, 1.807) is 0 Å². The highest BCUT2D eigenvalue weighted by Gasteiger charge is 2.22. The van der Waals surface area contributed by atoms with Crippen molar-refractivity contribution in [1.29, 1.82) is 0 Å². The van der Waals surface area contributed by atoms with Crippen LogP contribution in [-0.4, -0.2) is 14.1 Å². The molecular weight excluding hydrogens is 186 g/mol. The van der Waals surface area contributed by atoms with Crippen molar-refractivity contribution in [2.75, 3.05) is 0 Å². The SMILES string of the molecule is C[Si](C)(C)CCC(N)C1CCCCC1. The van der Waals surface area contributed by atoms with E-state index < -0.39 is 8.07 Å².